The highest BCUT2D eigenvalue weighted by Crippen LogP contribution is 2.19. The predicted octanol–water partition coefficient (Wildman–Crippen LogP) is 1.46. The standard InChI is InChI=1S/C16H33N3O2/c1-4-16(2,21-3)15(20)19-12-8-11-18(13-14-19)10-7-5-6-9-17/h4-14,17H2,1-3H3. The van der Waals surface area contributed by atoms with Gasteiger partial charge in [-0.1, -0.05) is 13.3 Å². The predicted molar refractivity (Wildman–Crippen MR) is 86.2 cm³/mol. The van der Waals surface area contributed by atoms with Gasteiger partial charge < -0.3 is 20.3 Å². The summed E-state index contributed by atoms with van der Waals surface area (Å²) in [5.74, 6) is 0.137. The second kappa shape index (κ2) is 9.38. The van der Waals surface area contributed by atoms with E-state index in [1.165, 1.54) is 12.8 Å². The van der Waals surface area contributed by atoms with Crippen LogP contribution in [0.1, 0.15) is 46.0 Å². The summed E-state index contributed by atoms with van der Waals surface area (Å²) in [7, 11) is 1.63. The van der Waals surface area contributed by atoms with Gasteiger partial charge in [0.2, 0.25) is 0 Å². The van der Waals surface area contributed by atoms with Crippen LogP contribution >= 0.6 is 0 Å². The van der Waals surface area contributed by atoms with Gasteiger partial charge in [0, 0.05) is 26.7 Å². The van der Waals surface area contributed by atoms with Gasteiger partial charge in [-0.25, -0.2) is 0 Å². The molecular weight excluding hydrogens is 266 g/mol. The van der Waals surface area contributed by atoms with E-state index in [0.717, 1.165) is 52.1 Å². The van der Waals surface area contributed by atoms with E-state index in [-0.39, 0.29) is 5.91 Å². The Labute approximate surface area is 129 Å². The van der Waals surface area contributed by atoms with Crippen LogP contribution in [0.4, 0.5) is 0 Å². The van der Waals surface area contributed by atoms with Gasteiger partial charge in [0.15, 0.2) is 0 Å². The maximum atomic E-state index is 12.6. The van der Waals surface area contributed by atoms with Crippen LogP contribution in [-0.2, 0) is 9.53 Å². The van der Waals surface area contributed by atoms with Gasteiger partial charge in [0.25, 0.3) is 5.91 Å². The van der Waals surface area contributed by atoms with Gasteiger partial charge >= 0.3 is 0 Å². The fourth-order valence-corrected chi connectivity index (χ4v) is 2.77. The van der Waals surface area contributed by atoms with Crippen molar-refractivity contribution >= 4 is 5.91 Å². The molecule has 0 spiro atoms. The summed E-state index contributed by atoms with van der Waals surface area (Å²) in [4.78, 5) is 17.1. The highest BCUT2D eigenvalue weighted by Gasteiger charge is 2.35. The van der Waals surface area contributed by atoms with E-state index >= 15 is 0 Å². The Balaban J connectivity index is 2.43. The Morgan fingerprint density at radius 3 is 2.57 bits per heavy atom. The normalized spacial score (nSPS) is 20.1. The van der Waals surface area contributed by atoms with Crippen LogP contribution < -0.4 is 5.73 Å². The summed E-state index contributed by atoms with van der Waals surface area (Å²) in [6.07, 6.45) is 5.28. The van der Waals surface area contributed by atoms with Crippen molar-refractivity contribution in [3.8, 4) is 0 Å². The van der Waals surface area contributed by atoms with Crippen LogP contribution in [0.5, 0.6) is 0 Å². The van der Waals surface area contributed by atoms with Gasteiger partial charge in [-0.2, -0.15) is 0 Å². The number of nitrogens with two attached hydrogens (primary N) is 1. The Morgan fingerprint density at radius 1 is 1.19 bits per heavy atom. The number of methoxy groups -OCH3 is 1. The number of hydrogen-bond donors (Lipinski definition) is 1. The number of hydrogen-bond acceptors (Lipinski definition) is 4. The third-order valence-corrected chi connectivity index (χ3v) is 4.63. The third kappa shape index (κ3) is 5.57. The van der Waals surface area contributed by atoms with Crippen molar-refractivity contribution in [1.82, 2.24) is 9.80 Å². The van der Waals surface area contributed by atoms with Crippen LogP contribution in [0.2, 0.25) is 0 Å². The highest BCUT2D eigenvalue weighted by molar-refractivity contribution is 5.84. The number of unbranched alkanes of at least 4 members (excludes halogenated alkanes) is 2. The average molecular weight is 299 g/mol. The minimum atomic E-state index is -0.670. The molecule has 1 aliphatic rings. The van der Waals surface area contributed by atoms with Crippen molar-refractivity contribution in [2.75, 3.05) is 46.4 Å². The molecule has 124 valence electrons. The summed E-state index contributed by atoms with van der Waals surface area (Å²) < 4.78 is 5.44. The molecule has 1 atom stereocenters. The zero-order chi connectivity index (χ0) is 15.7. The minimum Gasteiger partial charge on any atom is -0.369 e. The van der Waals surface area contributed by atoms with Gasteiger partial charge in [-0.05, 0) is 52.2 Å². The fraction of sp³-hybridized carbons (Fsp3) is 0.938. The molecule has 0 radical (unpaired) electrons. The first-order valence-electron chi connectivity index (χ1n) is 8.34. The summed E-state index contributed by atoms with van der Waals surface area (Å²) in [5.41, 5.74) is 4.85. The monoisotopic (exact) mass is 299 g/mol. The molecule has 1 unspecified atom stereocenters. The Bertz CT molecular complexity index is 306. The van der Waals surface area contributed by atoms with Crippen LogP contribution in [-0.4, -0.2) is 67.7 Å². The largest absolute Gasteiger partial charge is 0.369 e. The van der Waals surface area contributed by atoms with Crippen LogP contribution in [0.25, 0.3) is 0 Å². The molecule has 0 bridgehead atoms. The third-order valence-electron chi connectivity index (χ3n) is 4.63. The number of nitrogens with zero attached hydrogens (tertiary/aromatic N) is 2. The van der Waals surface area contributed by atoms with E-state index in [4.69, 9.17) is 10.5 Å². The van der Waals surface area contributed by atoms with E-state index in [0.29, 0.717) is 6.42 Å². The molecule has 1 heterocycles. The molecule has 0 aromatic heterocycles. The molecule has 1 rings (SSSR count). The first-order chi connectivity index (χ1) is 10.1. The number of carbonyl (C=O) groups excluding carboxylic acids is 1. The molecule has 1 aliphatic heterocycles. The van der Waals surface area contributed by atoms with Crippen molar-refractivity contribution < 1.29 is 9.53 Å². The Kier molecular flexibility index (Phi) is 8.22. The number of carbonyl (C=O) groups is 1. The van der Waals surface area contributed by atoms with Gasteiger partial charge in [-0.3, -0.25) is 4.79 Å². The topological polar surface area (TPSA) is 58.8 Å². The summed E-state index contributed by atoms with van der Waals surface area (Å²) in [5, 5.41) is 0. The summed E-state index contributed by atoms with van der Waals surface area (Å²) in [6, 6.07) is 0. The second-order valence-electron chi connectivity index (χ2n) is 6.13. The molecule has 21 heavy (non-hydrogen) atoms. The molecule has 1 saturated heterocycles. The smallest absolute Gasteiger partial charge is 0.254 e. The van der Waals surface area contributed by atoms with Crippen molar-refractivity contribution in [3.05, 3.63) is 0 Å². The lowest BCUT2D eigenvalue weighted by Crippen LogP contribution is -2.49. The second-order valence-corrected chi connectivity index (χ2v) is 6.13. The van der Waals surface area contributed by atoms with Crippen molar-refractivity contribution in [1.29, 1.82) is 0 Å². The molecule has 0 aromatic carbocycles. The van der Waals surface area contributed by atoms with E-state index < -0.39 is 5.60 Å². The van der Waals surface area contributed by atoms with E-state index in [1.807, 2.05) is 18.7 Å². The van der Waals surface area contributed by atoms with E-state index in [2.05, 4.69) is 4.90 Å². The zero-order valence-corrected chi connectivity index (χ0v) is 14.1. The Morgan fingerprint density at radius 2 is 1.95 bits per heavy atom. The number of ether oxygens (including phenoxy) is 1. The Hall–Kier alpha value is -0.650. The quantitative estimate of drug-likeness (QED) is 0.690. The molecule has 1 amide bonds. The average Bonchev–Trinajstić information content (AvgIpc) is 2.75. The first-order valence-corrected chi connectivity index (χ1v) is 8.34. The summed E-state index contributed by atoms with van der Waals surface area (Å²) in [6.45, 7) is 9.52. The van der Waals surface area contributed by atoms with Gasteiger partial charge in [-0.15, -0.1) is 0 Å². The molecule has 5 heteroatoms. The minimum absolute atomic E-state index is 0.137. The lowest BCUT2D eigenvalue weighted by Gasteiger charge is -2.32. The number of rotatable bonds is 8. The van der Waals surface area contributed by atoms with Crippen LogP contribution in [0.15, 0.2) is 0 Å². The van der Waals surface area contributed by atoms with E-state index in [1.54, 1.807) is 7.11 Å². The van der Waals surface area contributed by atoms with Crippen molar-refractivity contribution in [2.45, 2.75) is 51.6 Å². The van der Waals surface area contributed by atoms with Crippen LogP contribution in [0.3, 0.4) is 0 Å². The SMILES string of the molecule is CCC(C)(OC)C(=O)N1CCCN(CCCCCN)CC1. The molecule has 5 nitrogen and oxygen atoms in total. The molecular formula is C16H33N3O2. The van der Waals surface area contributed by atoms with Gasteiger partial charge in [0.05, 0.1) is 0 Å². The maximum absolute atomic E-state index is 12.6. The van der Waals surface area contributed by atoms with Gasteiger partial charge in [0.1, 0.15) is 5.60 Å². The van der Waals surface area contributed by atoms with Crippen molar-refractivity contribution in [2.24, 2.45) is 5.73 Å². The number of amides is 1. The molecule has 2 N–H and O–H groups in total. The van der Waals surface area contributed by atoms with Crippen molar-refractivity contribution in [3.63, 3.8) is 0 Å². The summed E-state index contributed by atoms with van der Waals surface area (Å²) >= 11 is 0. The molecule has 0 aromatic rings. The molecule has 0 saturated carbocycles. The zero-order valence-electron chi connectivity index (χ0n) is 14.1. The maximum Gasteiger partial charge on any atom is 0.254 e. The fourth-order valence-electron chi connectivity index (χ4n) is 2.77. The highest BCUT2D eigenvalue weighted by atomic mass is 16.5. The lowest BCUT2D eigenvalue weighted by atomic mass is 10.0. The van der Waals surface area contributed by atoms with E-state index in [9.17, 15) is 4.79 Å². The first kappa shape index (κ1) is 18.4. The molecule has 0 aliphatic carbocycles. The lowest BCUT2D eigenvalue weighted by molar-refractivity contribution is -0.153. The molecule has 1 fully saturated rings. The van der Waals surface area contributed by atoms with Crippen LogP contribution in [0, 0.1) is 0 Å².